The molecule has 0 amide bonds. The number of aromatic nitrogens is 3. The molecule has 126 valence electrons. The van der Waals surface area contributed by atoms with Crippen LogP contribution in [0.1, 0.15) is 33.0 Å². The number of ether oxygens (including phenoxy) is 1. The van der Waals surface area contributed by atoms with Crippen LogP contribution in [0.25, 0.3) is 0 Å². The summed E-state index contributed by atoms with van der Waals surface area (Å²) >= 11 is 0. The van der Waals surface area contributed by atoms with Gasteiger partial charge in [-0.2, -0.15) is 5.10 Å². The molecule has 0 aromatic carbocycles. The van der Waals surface area contributed by atoms with Crippen LogP contribution in [-0.2, 0) is 23.1 Å². The number of hydrogen-bond acceptors (Lipinski definition) is 5. The van der Waals surface area contributed by atoms with Gasteiger partial charge in [-0.05, 0) is 20.8 Å². The van der Waals surface area contributed by atoms with Gasteiger partial charge in [-0.25, -0.2) is 9.98 Å². The molecule has 0 unspecified atom stereocenters. The summed E-state index contributed by atoms with van der Waals surface area (Å²) < 4.78 is 6.74. The van der Waals surface area contributed by atoms with Crippen molar-refractivity contribution in [2.45, 2.75) is 39.8 Å². The van der Waals surface area contributed by atoms with Gasteiger partial charge in [0.2, 0.25) is 0 Å². The van der Waals surface area contributed by atoms with E-state index in [4.69, 9.17) is 4.74 Å². The average Bonchev–Trinajstić information content (AvgIpc) is 2.80. The van der Waals surface area contributed by atoms with Gasteiger partial charge < -0.3 is 15.4 Å². The molecular formula is C13H25IN6O2. The molecule has 0 spiro atoms. The number of carbonyl (C=O) groups is 1. The summed E-state index contributed by atoms with van der Waals surface area (Å²) in [5.74, 6) is 1.19. The summed E-state index contributed by atoms with van der Waals surface area (Å²) in [7, 11) is 1.82. The second kappa shape index (κ2) is 11.2. The normalized spacial score (nSPS) is 11.0. The lowest BCUT2D eigenvalue weighted by atomic mass is 10.4. The molecule has 1 aromatic rings. The van der Waals surface area contributed by atoms with Crippen molar-refractivity contribution < 1.29 is 9.53 Å². The standard InChI is InChI=1S/C13H24N6O2.HI/c1-5-14-13(15-7-6-12(20)21-10(2)3)16-8-11-17-9-18-19(11)4;/h9-10H,5-8H2,1-4H3,(H2,14,15,16);1H. The van der Waals surface area contributed by atoms with Gasteiger partial charge in [0.15, 0.2) is 5.96 Å². The Bertz CT molecular complexity index is 475. The lowest BCUT2D eigenvalue weighted by Gasteiger charge is -2.12. The zero-order valence-corrected chi connectivity index (χ0v) is 15.8. The molecule has 9 heteroatoms. The van der Waals surface area contributed by atoms with E-state index in [-0.39, 0.29) is 36.0 Å². The molecule has 0 radical (unpaired) electrons. The van der Waals surface area contributed by atoms with E-state index in [9.17, 15) is 4.79 Å². The van der Waals surface area contributed by atoms with Crippen molar-refractivity contribution in [3.8, 4) is 0 Å². The summed E-state index contributed by atoms with van der Waals surface area (Å²) in [6, 6.07) is 0. The molecule has 0 saturated heterocycles. The van der Waals surface area contributed by atoms with Gasteiger partial charge in [0.25, 0.3) is 0 Å². The number of aliphatic imine (C=N–C) groups is 1. The van der Waals surface area contributed by atoms with Gasteiger partial charge in [0.1, 0.15) is 18.7 Å². The minimum absolute atomic E-state index is 0. The number of carbonyl (C=O) groups excluding carboxylic acids is 1. The Morgan fingerprint density at radius 3 is 2.73 bits per heavy atom. The molecule has 0 bridgehead atoms. The van der Waals surface area contributed by atoms with Crippen molar-refractivity contribution in [3.63, 3.8) is 0 Å². The number of nitrogens with one attached hydrogen (secondary N) is 2. The second-order valence-corrected chi connectivity index (χ2v) is 4.71. The number of esters is 1. The first-order valence-electron chi connectivity index (χ1n) is 7.07. The van der Waals surface area contributed by atoms with Gasteiger partial charge in [-0.3, -0.25) is 9.48 Å². The van der Waals surface area contributed by atoms with E-state index in [1.165, 1.54) is 6.33 Å². The van der Waals surface area contributed by atoms with Crippen LogP contribution in [0.4, 0.5) is 0 Å². The Hall–Kier alpha value is -1.39. The molecule has 1 rings (SSSR count). The maximum absolute atomic E-state index is 11.4. The van der Waals surface area contributed by atoms with Gasteiger partial charge >= 0.3 is 5.97 Å². The van der Waals surface area contributed by atoms with E-state index >= 15 is 0 Å². The van der Waals surface area contributed by atoms with E-state index in [0.29, 0.717) is 25.5 Å². The Labute approximate surface area is 148 Å². The highest BCUT2D eigenvalue weighted by Crippen LogP contribution is 1.94. The predicted octanol–water partition coefficient (Wildman–Crippen LogP) is 0.830. The topological polar surface area (TPSA) is 93.4 Å². The Morgan fingerprint density at radius 1 is 1.45 bits per heavy atom. The third kappa shape index (κ3) is 8.15. The maximum atomic E-state index is 11.4. The number of nitrogens with zero attached hydrogens (tertiary/aromatic N) is 4. The molecule has 8 nitrogen and oxygen atoms in total. The van der Waals surface area contributed by atoms with Gasteiger partial charge in [-0.1, -0.05) is 0 Å². The van der Waals surface area contributed by atoms with Crippen LogP contribution in [0, 0.1) is 0 Å². The number of hydrogen-bond donors (Lipinski definition) is 2. The summed E-state index contributed by atoms with van der Waals surface area (Å²) in [5.41, 5.74) is 0. The SMILES string of the molecule is CCNC(=NCc1ncnn1C)NCCC(=O)OC(C)C.I. The van der Waals surface area contributed by atoms with Crippen molar-refractivity contribution in [1.29, 1.82) is 0 Å². The van der Waals surface area contributed by atoms with Gasteiger partial charge in [-0.15, -0.1) is 24.0 Å². The molecular weight excluding hydrogens is 399 g/mol. The van der Waals surface area contributed by atoms with Crippen LogP contribution >= 0.6 is 24.0 Å². The highest BCUT2D eigenvalue weighted by atomic mass is 127. The zero-order valence-electron chi connectivity index (χ0n) is 13.5. The van der Waals surface area contributed by atoms with Crippen molar-refractivity contribution in [2.24, 2.45) is 12.0 Å². The van der Waals surface area contributed by atoms with Crippen molar-refractivity contribution in [2.75, 3.05) is 13.1 Å². The van der Waals surface area contributed by atoms with Crippen molar-refractivity contribution in [1.82, 2.24) is 25.4 Å². The monoisotopic (exact) mass is 424 g/mol. The molecule has 0 saturated carbocycles. The fourth-order valence-electron chi connectivity index (χ4n) is 1.56. The first-order chi connectivity index (χ1) is 10.0. The molecule has 1 aromatic heterocycles. The van der Waals surface area contributed by atoms with Crippen LogP contribution in [0.2, 0.25) is 0 Å². The average molecular weight is 424 g/mol. The molecule has 2 N–H and O–H groups in total. The van der Waals surface area contributed by atoms with Crippen LogP contribution < -0.4 is 10.6 Å². The van der Waals surface area contributed by atoms with Gasteiger partial charge in [0.05, 0.1) is 12.5 Å². The van der Waals surface area contributed by atoms with E-state index in [0.717, 1.165) is 12.4 Å². The largest absolute Gasteiger partial charge is 0.463 e. The van der Waals surface area contributed by atoms with Crippen LogP contribution in [0.15, 0.2) is 11.3 Å². The first kappa shape index (κ1) is 20.6. The summed E-state index contributed by atoms with van der Waals surface area (Å²) in [6.07, 6.45) is 1.70. The molecule has 0 aliphatic carbocycles. The minimum atomic E-state index is -0.221. The smallest absolute Gasteiger partial charge is 0.307 e. The number of guanidine groups is 1. The Balaban J connectivity index is 0.00000441. The molecule has 22 heavy (non-hydrogen) atoms. The fraction of sp³-hybridized carbons (Fsp3) is 0.692. The van der Waals surface area contributed by atoms with E-state index in [1.807, 2.05) is 27.8 Å². The van der Waals surface area contributed by atoms with Crippen molar-refractivity contribution in [3.05, 3.63) is 12.2 Å². The van der Waals surface area contributed by atoms with Crippen LogP contribution in [0.3, 0.4) is 0 Å². The zero-order chi connectivity index (χ0) is 15.7. The Morgan fingerprint density at radius 2 is 2.18 bits per heavy atom. The third-order valence-electron chi connectivity index (χ3n) is 2.52. The maximum Gasteiger partial charge on any atom is 0.307 e. The third-order valence-corrected chi connectivity index (χ3v) is 2.52. The lowest BCUT2D eigenvalue weighted by molar-refractivity contribution is -0.147. The fourth-order valence-corrected chi connectivity index (χ4v) is 1.56. The lowest BCUT2D eigenvalue weighted by Crippen LogP contribution is -2.38. The highest BCUT2D eigenvalue weighted by molar-refractivity contribution is 14.0. The number of rotatable bonds is 7. The van der Waals surface area contributed by atoms with Crippen LogP contribution in [0.5, 0.6) is 0 Å². The Kier molecular flexibility index (Phi) is 10.5. The summed E-state index contributed by atoms with van der Waals surface area (Å²) in [5, 5.41) is 10.2. The van der Waals surface area contributed by atoms with E-state index in [1.54, 1.807) is 4.68 Å². The summed E-state index contributed by atoms with van der Waals surface area (Å²) in [6.45, 7) is 7.27. The van der Waals surface area contributed by atoms with Crippen molar-refractivity contribution >= 4 is 35.9 Å². The summed E-state index contributed by atoms with van der Waals surface area (Å²) in [4.78, 5) is 19.9. The quantitative estimate of drug-likeness (QED) is 0.292. The molecule has 1 heterocycles. The first-order valence-corrected chi connectivity index (χ1v) is 7.07. The molecule has 0 atom stereocenters. The predicted molar refractivity (Wildman–Crippen MR) is 95.1 cm³/mol. The van der Waals surface area contributed by atoms with Gasteiger partial charge in [0, 0.05) is 20.1 Å². The number of aryl methyl sites for hydroxylation is 1. The highest BCUT2D eigenvalue weighted by Gasteiger charge is 2.06. The van der Waals surface area contributed by atoms with Crippen LogP contribution in [-0.4, -0.2) is 45.9 Å². The van der Waals surface area contributed by atoms with E-state index in [2.05, 4.69) is 25.7 Å². The molecule has 0 fully saturated rings. The molecule has 0 aliphatic rings. The second-order valence-electron chi connectivity index (χ2n) is 4.71. The number of halogens is 1. The molecule has 0 aliphatic heterocycles. The minimum Gasteiger partial charge on any atom is -0.463 e. The van der Waals surface area contributed by atoms with E-state index < -0.39 is 0 Å².